The molecule has 8 rings (SSSR count). The van der Waals surface area contributed by atoms with Gasteiger partial charge in [-0.1, -0.05) is 78.9 Å². The molecule has 0 spiro atoms. The maximum absolute atomic E-state index is 6.80. The lowest BCUT2D eigenvalue weighted by Gasteiger charge is -2.58. The van der Waals surface area contributed by atoms with Crippen LogP contribution >= 0.6 is 0 Å². The van der Waals surface area contributed by atoms with E-state index in [0.29, 0.717) is 24.5 Å². The van der Waals surface area contributed by atoms with Crippen LogP contribution in [-0.4, -0.2) is 35.2 Å². The van der Waals surface area contributed by atoms with Crippen molar-refractivity contribution in [2.45, 2.75) is 31.5 Å². The van der Waals surface area contributed by atoms with E-state index in [1.807, 2.05) is 12.3 Å². The lowest BCUT2D eigenvalue weighted by Crippen LogP contribution is -2.67. The number of ether oxygens (including phenoxy) is 1. The summed E-state index contributed by atoms with van der Waals surface area (Å²) in [5.74, 6) is 1.18. The SMILES string of the molecule is C=CCO[C@H](c1ccnc2ccccc12)[C@H]1CC2CC[N+]1(Cc1c3ccccc3cc3ccccc13)C[C@@H]2C=C. The third-order valence-corrected chi connectivity index (χ3v) is 9.76. The average Bonchev–Trinajstić information content (AvgIpc) is 3.01. The number of hydrogen-bond acceptors (Lipinski definition) is 2. The van der Waals surface area contributed by atoms with Crippen LogP contribution in [0.3, 0.4) is 0 Å². The number of rotatable bonds is 8. The fourth-order valence-electron chi connectivity index (χ4n) is 7.90. The standard InChI is InChI=1S/C37H37N2O/c1-3-21-40-37(33-17-19-38-35-16-10-9-15-32(33)35)36-23-27-18-20-39(36,24-26(27)4-2)25-34-30-13-7-5-11-28(30)22-29-12-6-8-14-31(29)34/h3-17,19,22,26-27,36-37H,1-2,18,20-21,23-25H2/q+1/t26-,27?,36+,37+,39?/m0/s1. The number of hydrogen-bond donors (Lipinski definition) is 0. The summed E-state index contributed by atoms with van der Waals surface area (Å²) in [6.07, 6.45) is 8.41. The van der Waals surface area contributed by atoms with Crippen molar-refractivity contribution in [3.8, 4) is 0 Å². The summed E-state index contributed by atoms with van der Waals surface area (Å²) in [6, 6.07) is 31.2. The molecule has 3 fully saturated rings. The normalized spacial score (nSPS) is 24.9. The van der Waals surface area contributed by atoms with Crippen LogP contribution in [0.5, 0.6) is 0 Å². The van der Waals surface area contributed by atoms with Crippen molar-refractivity contribution in [2.75, 3.05) is 19.7 Å². The molecular formula is C37H37N2O+. The summed E-state index contributed by atoms with van der Waals surface area (Å²) in [5, 5.41) is 6.56. The lowest BCUT2D eigenvalue weighted by atomic mass is 9.70. The second kappa shape index (κ2) is 10.3. The Balaban J connectivity index is 1.41. The lowest BCUT2D eigenvalue weighted by molar-refractivity contribution is -0.984. The van der Waals surface area contributed by atoms with E-state index in [9.17, 15) is 0 Å². The molecule has 3 saturated heterocycles. The number of nitrogens with zero attached hydrogens (tertiary/aromatic N) is 2. The van der Waals surface area contributed by atoms with Gasteiger partial charge in [0.05, 0.1) is 25.2 Å². The molecule has 0 amide bonds. The highest BCUT2D eigenvalue weighted by molar-refractivity contribution is 6.02. The van der Waals surface area contributed by atoms with Gasteiger partial charge in [0.1, 0.15) is 18.7 Å². The summed E-state index contributed by atoms with van der Waals surface area (Å²) >= 11 is 0. The van der Waals surface area contributed by atoms with Crippen molar-refractivity contribution in [3.05, 3.63) is 128 Å². The van der Waals surface area contributed by atoms with Gasteiger partial charge in [-0.3, -0.25) is 4.98 Å². The molecule has 3 aliphatic heterocycles. The number of benzene rings is 4. The van der Waals surface area contributed by atoms with Crippen LogP contribution in [0.2, 0.25) is 0 Å². The Morgan fingerprint density at radius 1 is 0.900 bits per heavy atom. The van der Waals surface area contributed by atoms with Crippen molar-refractivity contribution in [1.29, 1.82) is 0 Å². The van der Waals surface area contributed by atoms with Crippen LogP contribution in [0.15, 0.2) is 116 Å². The van der Waals surface area contributed by atoms with E-state index in [-0.39, 0.29) is 6.10 Å². The Bertz CT molecular complexity index is 1670. The van der Waals surface area contributed by atoms with Crippen LogP contribution in [0.25, 0.3) is 32.4 Å². The van der Waals surface area contributed by atoms with Crippen molar-refractivity contribution in [3.63, 3.8) is 0 Å². The molecule has 40 heavy (non-hydrogen) atoms. The van der Waals surface area contributed by atoms with Gasteiger partial charge < -0.3 is 9.22 Å². The monoisotopic (exact) mass is 525 g/mol. The third-order valence-electron chi connectivity index (χ3n) is 9.76. The van der Waals surface area contributed by atoms with E-state index in [1.165, 1.54) is 44.5 Å². The molecule has 2 unspecified atom stereocenters. The van der Waals surface area contributed by atoms with E-state index in [1.54, 1.807) is 0 Å². The Kier molecular flexibility index (Phi) is 6.50. The number of para-hydroxylation sites is 1. The molecule has 200 valence electrons. The molecule has 0 aliphatic carbocycles. The first-order valence-electron chi connectivity index (χ1n) is 14.6. The molecule has 5 atom stereocenters. The van der Waals surface area contributed by atoms with E-state index in [2.05, 4.69) is 109 Å². The molecule has 0 saturated carbocycles. The van der Waals surface area contributed by atoms with Crippen LogP contribution < -0.4 is 0 Å². The van der Waals surface area contributed by atoms with Gasteiger partial charge in [-0.2, -0.15) is 0 Å². The number of aromatic nitrogens is 1. The fraction of sp³-hybridized carbons (Fsp3) is 0.270. The topological polar surface area (TPSA) is 22.1 Å². The van der Waals surface area contributed by atoms with Crippen molar-refractivity contribution in [2.24, 2.45) is 11.8 Å². The van der Waals surface area contributed by atoms with E-state index in [0.717, 1.165) is 36.1 Å². The molecule has 4 heterocycles. The minimum absolute atomic E-state index is 0.0410. The van der Waals surface area contributed by atoms with Gasteiger partial charge in [-0.25, -0.2) is 0 Å². The largest absolute Gasteiger partial charge is 0.363 e. The van der Waals surface area contributed by atoms with Crippen molar-refractivity contribution >= 4 is 32.4 Å². The van der Waals surface area contributed by atoms with Crippen LogP contribution in [0, 0.1) is 11.8 Å². The summed E-state index contributed by atoms with van der Waals surface area (Å²) in [6.45, 7) is 12.1. The van der Waals surface area contributed by atoms with Gasteiger partial charge in [0, 0.05) is 35.9 Å². The van der Waals surface area contributed by atoms with Crippen molar-refractivity contribution < 1.29 is 9.22 Å². The zero-order valence-corrected chi connectivity index (χ0v) is 23.1. The summed E-state index contributed by atoms with van der Waals surface area (Å²) in [5.41, 5.74) is 3.74. The Morgan fingerprint density at radius 2 is 1.60 bits per heavy atom. The van der Waals surface area contributed by atoms with E-state index >= 15 is 0 Å². The molecule has 3 nitrogen and oxygen atoms in total. The molecule has 1 aromatic heterocycles. The predicted octanol–water partition coefficient (Wildman–Crippen LogP) is 8.40. The zero-order chi connectivity index (χ0) is 27.1. The van der Waals surface area contributed by atoms with Gasteiger partial charge in [-0.05, 0) is 51.2 Å². The Labute approximate surface area is 237 Å². The fourth-order valence-corrected chi connectivity index (χ4v) is 7.90. The Hall–Kier alpha value is -3.79. The Morgan fingerprint density at radius 3 is 2.33 bits per heavy atom. The highest BCUT2D eigenvalue weighted by Gasteiger charge is 2.54. The van der Waals surface area contributed by atoms with E-state index < -0.39 is 0 Å². The first-order chi connectivity index (χ1) is 19.7. The molecule has 5 aromatic rings. The maximum atomic E-state index is 6.80. The summed E-state index contributed by atoms with van der Waals surface area (Å²) in [4.78, 5) is 4.68. The van der Waals surface area contributed by atoms with Crippen molar-refractivity contribution in [1.82, 2.24) is 4.98 Å². The molecule has 0 N–H and O–H groups in total. The molecule has 3 aliphatic rings. The summed E-state index contributed by atoms with van der Waals surface area (Å²) < 4.78 is 7.81. The summed E-state index contributed by atoms with van der Waals surface area (Å²) in [7, 11) is 0. The average molecular weight is 526 g/mol. The highest BCUT2D eigenvalue weighted by Crippen LogP contribution is 2.50. The third kappa shape index (κ3) is 4.16. The van der Waals surface area contributed by atoms with Crippen LogP contribution in [0.1, 0.15) is 30.1 Å². The second-order valence-electron chi connectivity index (χ2n) is 11.8. The van der Waals surface area contributed by atoms with Gasteiger partial charge in [0.2, 0.25) is 0 Å². The molecule has 4 aromatic carbocycles. The predicted molar refractivity (Wildman–Crippen MR) is 166 cm³/mol. The number of quaternary nitrogens is 1. The first kappa shape index (κ1) is 25.2. The second-order valence-corrected chi connectivity index (χ2v) is 11.8. The number of pyridine rings is 1. The molecule has 2 bridgehead atoms. The van der Waals surface area contributed by atoms with Crippen LogP contribution in [0.4, 0.5) is 0 Å². The first-order valence-corrected chi connectivity index (χ1v) is 14.6. The molecular weight excluding hydrogens is 488 g/mol. The minimum atomic E-state index is -0.0410. The highest BCUT2D eigenvalue weighted by atomic mass is 16.5. The van der Waals surface area contributed by atoms with Gasteiger partial charge >= 0.3 is 0 Å². The minimum Gasteiger partial charge on any atom is -0.363 e. The van der Waals surface area contributed by atoms with Gasteiger partial charge in [0.15, 0.2) is 0 Å². The quantitative estimate of drug-likeness (QED) is 0.115. The number of fused-ring (bicyclic) bond motifs is 6. The maximum Gasteiger partial charge on any atom is 0.135 e. The van der Waals surface area contributed by atoms with Gasteiger partial charge in [-0.15, -0.1) is 13.2 Å². The smallest absolute Gasteiger partial charge is 0.135 e. The zero-order valence-electron chi connectivity index (χ0n) is 23.1. The van der Waals surface area contributed by atoms with E-state index in [4.69, 9.17) is 4.74 Å². The molecule has 0 radical (unpaired) electrons. The van der Waals surface area contributed by atoms with Gasteiger partial charge in [0.25, 0.3) is 0 Å². The van der Waals surface area contributed by atoms with Crippen LogP contribution in [-0.2, 0) is 11.3 Å². The molecule has 3 heteroatoms. The number of piperidine rings is 3.